The Labute approximate surface area is 138 Å². The summed E-state index contributed by atoms with van der Waals surface area (Å²) < 4.78 is 1.91. The number of hydrogen-bond acceptors (Lipinski definition) is 3. The van der Waals surface area contributed by atoms with E-state index >= 15 is 0 Å². The van der Waals surface area contributed by atoms with Crippen LogP contribution in [-0.2, 0) is 20.9 Å². The van der Waals surface area contributed by atoms with E-state index in [0.717, 1.165) is 10.9 Å². The number of nitrogens with one attached hydrogen (secondary N) is 1. The van der Waals surface area contributed by atoms with Crippen molar-refractivity contribution in [1.82, 2.24) is 19.7 Å². The van der Waals surface area contributed by atoms with E-state index in [-0.39, 0.29) is 37.4 Å². The highest BCUT2D eigenvalue weighted by atomic mass is 16.2. The molecule has 7 nitrogen and oxygen atoms in total. The summed E-state index contributed by atoms with van der Waals surface area (Å²) in [6.07, 6.45) is 1.90. The molecule has 2 aliphatic rings. The molecule has 0 aliphatic carbocycles. The second-order valence-electron chi connectivity index (χ2n) is 6.16. The summed E-state index contributed by atoms with van der Waals surface area (Å²) in [4.78, 5) is 39.7. The zero-order valence-electron chi connectivity index (χ0n) is 13.1. The monoisotopic (exact) mass is 326 g/mol. The molecule has 0 bridgehead atoms. The van der Waals surface area contributed by atoms with Gasteiger partial charge < -0.3 is 19.7 Å². The van der Waals surface area contributed by atoms with E-state index < -0.39 is 6.04 Å². The normalized spacial score (nSPS) is 20.9. The van der Waals surface area contributed by atoms with Crippen molar-refractivity contribution in [2.24, 2.45) is 0 Å². The Balaban J connectivity index is 1.49. The van der Waals surface area contributed by atoms with Gasteiger partial charge in [-0.3, -0.25) is 14.4 Å². The zero-order valence-corrected chi connectivity index (χ0v) is 13.1. The van der Waals surface area contributed by atoms with Crippen LogP contribution in [0.2, 0.25) is 0 Å². The number of nitrogens with zero attached hydrogens (tertiary/aromatic N) is 3. The number of aromatic nitrogens is 1. The van der Waals surface area contributed by atoms with Crippen molar-refractivity contribution in [3.05, 3.63) is 36.5 Å². The fourth-order valence-corrected chi connectivity index (χ4v) is 3.44. The molecule has 24 heavy (non-hydrogen) atoms. The summed E-state index contributed by atoms with van der Waals surface area (Å²) in [6.45, 7) is 1.42. The molecule has 1 aromatic carbocycles. The molecule has 2 saturated heterocycles. The van der Waals surface area contributed by atoms with Crippen LogP contribution in [0.4, 0.5) is 0 Å². The van der Waals surface area contributed by atoms with Crippen LogP contribution in [0.15, 0.2) is 36.5 Å². The minimum Gasteiger partial charge on any atom is -0.345 e. The van der Waals surface area contributed by atoms with Crippen molar-refractivity contribution < 1.29 is 14.4 Å². The lowest BCUT2D eigenvalue weighted by atomic mass is 10.1. The first-order valence-corrected chi connectivity index (χ1v) is 8.02. The second kappa shape index (κ2) is 5.67. The van der Waals surface area contributed by atoms with Crippen LogP contribution in [0.3, 0.4) is 0 Å². The van der Waals surface area contributed by atoms with Gasteiger partial charge >= 0.3 is 0 Å². The van der Waals surface area contributed by atoms with E-state index in [1.165, 1.54) is 0 Å². The molecule has 124 valence electrons. The number of fused-ring (bicyclic) bond motifs is 2. The van der Waals surface area contributed by atoms with Gasteiger partial charge in [0.05, 0.1) is 13.1 Å². The molecule has 1 unspecified atom stereocenters. The summed E-state index contributed by atoms with van der Waals surface area (Å²) in [7, 11) is 0. The van der Waals surface area contributed by atoms with Gasteiger partial charge in [-0.1, -0.05) is 18.2 Å². The molecule has 7 heteroatoms. The third-order valence-electron chi connectivity index (χ3n) is 4.76. The Bertz CT molecular complexity index is 828. The zero-order chi connectivity index (χ0) is 16.7. The van der Waals surface area contributed by atoms with Crippen LogP contribution in [0.1, 0.15) is 0 Å². The Morgan fingerprint density at radius 1 is 1.17 bits per heavy atom. The van der Waals surface area contributed by atoms with Gasteiger partial charge in [0, 0.05) is 24.8 Å². The summed E-state index contributed by atoms with van der Waals surface area (Å²) in [5.74, 6) is -0.302. The third kappa shape index (κ3) is 2.42. The number of benzene rings is 1. The van der Waals surface area contributed by atoms with Crippen LogP contribution < -0.4 is 5.32 Å². The lowest BCUT2D eigenvalue weighted by Gasteiger charge is -2.42. The van der Waals surface area contributed by atoms with Crippen LogP contribution in [0, 0.1) is 0 Å². The average molecular weight is 326 g/mol. The Hall–Kier alpha value is -2.83. The van der Waals surface area contributed by atoms with Gasteiger partial charge in [-0.25, -0.2) is 0 Å². The van der Waals surface area contributed by atoms with E-state index in [9.17, 15) is 14.4 Å². The third-order valence-corrected chi connectivity index (χ3v) is 4.76. The van der Waals surface area contributed by atoms with E-state index in [1.54, 1.807) is 9.80 Å². The van der Waals surface area contributed by atoms with E-state index in [4.69, 9.17) is 0 Å². The van der Waals surface area contributed by atoms with Crippen molar-refractivity contribution in [2.45, 2.75) is 12.6 Å². The molecule has 4 rings (SSSR count). The molecular weight excluding hydrogens is 308 g/mol. The maximum atomic E-state index is 12.6. The van der Waals surface area contributed by atoms with Crippen molar-refractivity contribution >= 4 is 28.6 Å². The predicted octanol–water partition coefficient (Wildman–Crippen LogP) is -0.189. The molecule has 0 saturated carbocycles. The van der Waals surface area contributed by atoms with Crippen LogP contribution in [-0.4, -0.2) is 64.3 Å². The lowest BCUT2D eigenvalue weighted by molar-refractivity contribution is -0.152. The molecule has 2 aromatic rings. The topological polar surface area (TPSA) is 74.7 Å². The SMILES string of the molecule is O=C1NCC(=O)N2CCN(C(=O)Cn3ccc4ccccc43)CC12. The smallest absolute Gasteiger partial charge is 0.245 e. The predicted molar refractivity (Wildman–Crippen MR) is 87.0 cm³/mol. The highest BCUT2D eigenvalue weighted by Crippen LogP contribution is 2.17. The summed E-state index contributed by atoms with van der Waals surface area (Å²) in [6, 6.07) is 9.31. The maximum absolute atomic E-state index is 12.6. The molecule has 0 spiro atoms. The number of piperazine rings is 2. The Kier molecular flexibility index (Phi) is 3.48. The number of carbonyl (C=O) groups is 3. The van der Waals surface area contributed by atoms with E-state index in [1.807, 2.05) is 41.1 Å². The van der Waals surface area contributed by atoms with Crippen LogP contribution in [0.5, 0.6) is 0 Å². The molecule has 3 amide bonds. The number of carbonyl (C=O) groups excluding carboxylic acids is 3. The van der Waals surface area contributed by atoms with E-state index in [0.29, 0.717) is 13.1 Å². The molecule has 2 fully saturated rings. The quantitative estimate of drug-likeness (QED) is 0.831. The fourth-order valence-electron chi connectivity index (χ4n) is 3.44. The molecule has 1 atom stereocenters. The van der Waals surface area contributed by atoms with Gasteiger partial charge in [0.2, 0.25) is 17.7 Å². The number of hydrogen-bond donors (Lipinski definition) is 1. The highest BCUT2D eigenvalue weighted by Gasteiger charge is 2.39. The summed E-state index contributed by atoms with van der Waals surface area (Å²) in [5, 5.41) is 3.68. The number of amides is 3. The van der Waals surface area contributed by atoms with Gasteiger partial charge in [0.15, 0.2) is 0 Å². The van der Waals surface area contributed by atoms with Gasteiger partial charge in [0.25, 0.3) is 0 Å². The van der Waals surface area contributed by atoms with Gasteiger partial charge in [-0.2, -0.15) is 0 Å². The van der Waals surface area contributed by atoms with Gasteiger partial charge in [-0.15, -0.1) is 0 Å². The standard InChI is InChI=1S/C17H18N4O3/c22-15-9-18-17(24)14-10-20(7-8-21(14)15)16(23)11-19-6-5-12-3-1-2-4-13(12)19/h1-6,14H,7-11H2,(H,18,24). The number of para-hydroxylation sites is 1. The highest BCUT2D eigenvalue weighted by molar-refractivity contribution is 5.95. The molecule has 3 heterocycles. The summed E-state index contributed by atoms with van der Waals surface area (Å²) >= 11 is 0. The van der Waals surface area contributed by atoms with Crippen molar-refractivity contribution in [3.8, 4) is 0 Å². The van der Waals surface area contributed by atoms with E-state index in [2.05, 4.69) is 5.32 Å². The molecule has 1 N–H and O–H groups in total. The minimum atomic E-state index is -0.564. The van der Waals surface area contributed by atoms with Crippen LogP contribution in [0.25, 0.3) is 10.9 Å². The molecular formula is C17H18N4O3. The lowest BCUT2D eigenvalue weighted by Crippen LogP contribution is -2.66. The molecule has 0 radical (unpaired) electrons. The Morgan fingerprint density at radius 3 is 2.88 bits per heavy atom. The first kappa shape index (κ1) is 14.7. The van der Waals surface area contributed by atoms with Gasteiger partial charge in [-0.05, 0) is 17.5 Å². The van der Waals surface area contributed by atoms with Crippen LogP contribution >= 0.6 is 0 Å². The maximum Gasteiger partial charge on any atom is 0.245 e. The Morgan fingerprint density at radius 2 is 2.00 bits per heavy atom. The first-order chi connectivity index (χ1) is 11.6. The van der Waals surface area contributed by atoms with Crippen molar-refractivity contribution in [2.75, 3.05) is 26.2 Å². The average Bonchev–Trinajstić information content (AvgIpc) is 3.01. The summed E-state index contributed by atoms with van der Waals surface area (Å²) in [5.41, 5.74) is 1.01. The van der Waals surface area contributed by atoms with Crippen molar-refractivity contribution in [3.63, 3.8) is 0 Å². The van der Waals surface area contributed by atoms with Crippen molar-refractivity contribution in [1.29, 1.82) is 0 Å². The molecule has 2 aliphatic heterocycles. The minimum absolute atomic E-state index is 0.0400. The fraction of sp³-hybridized carbons (Fsp3) is 0.353. The number of rotatable bonds is 2. The largest absolute Gasteiger partial charge is 0.345 e. The van der Waals surface area contributed by atoms with Gasteiger partial charge in [0.1, 0.15) is 12.6 Å². The first-order valence-electron chi connectivity index (χ1n) is 8.02. The molecule has 1 aromatic heterocycles. The second-order valence-corrected chi connectivity index (χ2v) is 6.16.